The summed E-state index contributed by atoms with van der Waals surface area (Å²) in [7, 11) is 0. The van der Waals surface area contributed by atoms with Gasteiger partial charge in [-0.05, 0) is 67.5 Å². The Hall–Kier alpha value is -2.51. The van der Waals surface area contributed by atoms with Crippen molar-refractivity contribution >= 4 is 16.8 Å². The van der Waals surface area contributed by atoms with Crippen molar-refractivity contribution in [1.29, 1.82) is 5.26 Å². The van der Waals surface area contributed by atoms with Crippen molar-refractivity contribution in [1.82, 2.24) is 0 Å². The number of ether oxygens (including phenoxy) is 1. The quantitative estimate of drug-likeness (QED) is 0.434. The number of hydrogen-bond acceptors (Lipinski definition) is 4. The maximum Gasteiger partial charge on any atom is 0.137 e. The zero-order valence-electron chi connectivity index (χ0n) is 16.7. The van der Waals surface area contributed by atoms with Gasteiger partial charge in [-0.3, -0.25) is 0 Å². The Morgan fingerprint density at radius 1 is 1.39 bits per heavy atom. The summed E-state index contributed by atoms with van der Waals surface area (Å²) in [5, 5.41) is 10.4. The molecular formula is C24H26N2OS. The topological polar surface area (TPSA) is 45.4 Å². The number of aliphatic imine (C=N–C) groups is 1. The maximum absolute atomic E-state index is 9.51. The molecule has 3 nitrogen and oxygen atoms in total. The van der Waals surface area contributed by atoms with E-state index in [0.29, 0.717) is 17.2 Å². The van der Waals surface area contributed by atoms with Gasteiger partial charge >= 0.3 is 0 Å². The van der Waals surface area contributed by atoms with Crippen molar-refractivity contribution in [2.24, 2.45) is 4.99 Å². The van der Waals surface area contributed by atoms with Gasteiger partial charge < -0.3 is 4.74 Å². The van der Waals surface area contributed by atoms with Gasteiger partial charge in [-0.15, -0.1) is 11.8 Å². The lowest BCUT2D eigenvalue weighted by Crippen LogP contribution is -2.07. The van der Waals surface area contributed by atoms with Gasteiger partial charge in [0.1, 0.15) is 16.9 Å². The number of rotatable bonds is 6. The molecule has 1 unspecified atom stereocenters. The van der Waals surface area contributed by atoms with Gasteiger partial charge in [-0.1, -0.05) is 31.7 Å². The highest BCUT2D eigenvalue weighted by atomic mass is 32.2. The lowest BCUT2D eigenvalue weighted by Gasteiger charge is -2.13. The Bertz CT molecular complexity index is 940. The molecule has 0 radical (unpaired) electrons. The fourth-order valence-corrected chi connectivity index (χ4v) is 4.61. The van der Waals surface area contributed by atoms with Crippen LogP contribution in [0.25, 0.3) is 0 Å². The number of benzene rings is 2. The number of nitriles is 1. The third-order valence-electron chi connectivity index (χ3n) is 4.95. The van der Waals surface area contributed by atoms with Crippen LogP contribution in [0.5, 0.6) is 5.75 Å². The first-order valence-corrected chi connectivity index (χ1v) is 10.7. The molecule has 0 saturated heterocycles. The molecule has 0 bridgehead atoms. The molecule has 3 rings (SSSR count). The Morgan fingerprint density at radius 3 is 2.93 bits per heavy atom. The minimum Gasteiger partial charge on any atom is -0.490 e. The van der Waals surface area contributed by atoms with Crippen LogP contribution in [-0.2, 0) is 12.2 Å². The molecule has 0 aromatic heterocycles. The second-order valence-corrected chi connectivity index (χ2v) is 8.28. The Morgan fingerprint density at radius 2 is 2.21 bits per heavy atom. The van der Waals surface area contributed by atoms with E-state index in [4.69, 9.17) is 4.74 Å². The largest absolute Gasteiger partial charge is 0.490 e. The van der Waals surface area contributed by atoms with Crippen LogP contribution in [-0.4, -0.2) is 11.1 Å². The summed E-state index contributed by atoms with van der Waals surface area (Å²) in [5.41, 5.74) is 5.81. The summed E-state index contributed by atoms with van der Waals surface area (Å²) >= 11 is 1.69. The SMILES string of the molecule is C=CN=C(SCc1cccc2c1CCC2C)c1ccc(OC(C)C)c(C#N)c1. The molecule has 4 heteroatoms. The molecule has 0 spiro atoms. The number of fused-ring (bicyclic) bond motifs is 1. The highest BCUT2D eigenvalue weighted by Crippen LogP contribution is 2.36. The molecule has 1 atom stereocenters. The molecule has 0 N–H and O–H groups in total. The number of nitrogens with zero attached hydrogens (tertiary/aromatic N) is 2. The van der Waals surface area contributed by atoms with E-state index in [1.54, 1.807) is 18.0 Å². The van der Waals surface area contributed by atoms with Gasteiger partial charge in [0, 0.05) is 17.5 Å². The molecule has 28 heavy (non-hydrogen) atoms. The van der Waals surface area contributed by atoms with Crippen LogP contribution < -0.4 is 4.74 Å². The number of thioether (sulfide) groups is 1. The zero-order chi connectivity index (χ0) is 20.1. The van der Waals surface area contributed by atoms with E-state index in [0.717, 1.165) is 22.8 Å². The highest BCUT2D eigenvalue weighted by Gasteiger charge is 2.21. The third-order valence-corrected chi connectivity index (χ3v) is 6.02. The van der Waals surface area contributed by atoms with Crippen LogP contribution >= 0.6 is 11.8 Å². The monoisotopic (exact) mass is 390 g/mol. The van der Waals surface area contributed by atoms with Crippen LogP contribution in [0.1, 0.15) is 60.9 Å². The summed E-state index contributed by atoms with van der Waals surface area (Å²) in [6, 6.07) is 14.5. The molecule has 0 heterocycles. The Balaban J connectivity index is 1.83. The normalized spacial score (nSPS) is 16.0. The summed E-state index contributed by atoms with van der Waals surface area (Å²) in [4.78, 5) is 4.48. The molecule has 1 aliphatic carbocycles. The fourth-order valence-electron chi connectivity index (χ4n) is 3.60. The second kappa shape index (κ2) is 9.12. The molecule has 2 aromatic carbocycles. The third kappa shape index (κ3) is 4.48. The number of hydrogen-bond donors (Lipinski definition) is 0. The summed E-state index contributed by atoms with van der Waals surface area (Å²) < 4.78 is 5.73. The molecule has 0 aliphatic heterocycles. The van der Waals surface area contributed by atoms with Gasteiger partial charge in [0.15, 0.2) is 0 Å². The summed E-state index contributed by atoms with van der Waals surface area (Å²) in [6.45, 7) is 9.97. The first kappa shape index (κ1) is 20.2. The average Bonchev–Trinajstić information content (AvgIpc) is 3.07. The molecule has 0 amide bonds. The van der Waals surface area contributed by atoms with Crippen molar-refractivity contribution in [3.05, 3.63) is 77.0 Å². The molecular weight excluding hydrogens is 364 g/mol. The second-order valence-electron chi connectivity index (χ2n) is 7.32. The van der Waals surface area contributed by atoms with Gasteiger partial charge in [0.2, 0.25) is 0 Å². The van der Waals surface area contributed by atoms with Crippen molar-refractivity contribution < 1.29 is 4.74 Å². The predicted octanol–water partition coefficient (Wildman–Crippen LogP) is 6.22. The first-order chi connectivity index (χ1) is 13.5. The van der Waals surface area contributed by atoms with Gasteiger partial charge in [-0.2, -0.15) is 5.26 Å². The fraction of sp³-hybridized carbons (Fsp3) is 0.333. The Labute approximate surface area is 172 Å². The molecule has 0 saturated carbocycles. The van der Waals surface area contributed by atoms with Crippen LogP contribution in [0.15, 0.2) is 54.2 Å². The van der Waals surface area contributed by atoms with Gasteiger partial charge in [-0.25, -0.2) is 4.99 Å². The molecule has 0 fully saturated rings. The van der Waals surface area contributed by atoms with Gasteiger partial charge in [0.25, 0.3) is 0 Å². The minimum atomic E-state index is 0.0243. The lowest BCUT2D eigenvalue weighted by atomic mass is 10.0. The summed E-state index contributed by atoms with van der Waals surface area (Å²) in [5.74, 6) is 2.11. The van der Waals surface area contributed by atoms with E-state index in [1.807, 2.05) is 32.0 Å². The predicted molar refractivity (Wildman–Crippen MR) is 118 cm³/mol. The van der Waals surface area contributed by atoms with Crippen LogP contribution in [0, 0.1) is 11.3 Å². The van der Waals surface area contributed by atoms with Crippen LogP contribution in [0.4, 0.5) is 0 Å². The van der Waals surface area contributed by atoms with Crippen molar-refractivity contribution in [2.45, 2.75) is 51.4 Å². The molecule has 2 aromatic rings. The first-order valence-electron chi connectivity index (χ1n) is 9.66. The van der Waals surface area contributed by atoms with E-state index in [2.05, 4.69) is 42.8 Å². The lowest BCUT2D eigenvalue weighted by molar-refractivity contribution is 0.241. The van der Waals surface area contributed by atoms with Crippen LogP contribution in [0.2, 0.25) is 0 Å². The van der Waals surface area contributed by atoms with E-state index in [9.17, 15) is 5.26 Å². The molecule has 1 aliphatic rings. The standard InChI is InChI=1S/C24H26N2OS/c1-5-26-24(18-10-12-23(27-16(2)3)20(13-18)14-25)28-15-19-7-6-8-21-17(4)9-11-22(19)21/h5-8,10,12-13,16-17H,1,9,11,15H2,2-4H3. The Kier molecular flexibility index (Phi) is 6.59. The van der Waals surface area contributed by atoms with E-state index >= 15 is 0 Å². The summed E-state index contributed by atoms with van der Waals surface area (Å²) in [6.07, 6.45) is 3.97. The van der Waals surface area contributed by atoms with Crippen molar-refractivity contribution in [3.63, 3.8) is 0 Å². The van der Waals surface area contributed by atoms with Gasteiger partial charge in [0.05, 0.1) is 11.7 Å². The van der Waals surface area contributed by atoms with E-state index in [-0.39, 0.29) is 6.10 Å². The maximum atomic E-state index is 9.51. The van der Waals surface area contributed by atoms with E-state index in [1.165, 1.54) is 23.1 Å². The average molecular weight is 391 g/mol. The van der Waals surface area contributed by atoms with Crippen molar-refractivity contribution in [3.8, 4) is 11.8 Å². The van der Waals surface area contributed by atoms with E-state index < -0.39 is 0 Å². The van der Waals surface area contributed by atoms with Crippen molar-refractivity contribution in [2.75, 3.05) is 0 Å². The molecule has 144 valence electrons. The minimum absolute atomic E-state index is 0.0243. The smallest absolute Gasteiger partial charge is 0.137 e. The van der Waals surface area contributed by atoms with Crippen LogP contribution in [0.3, 0.4) is 0 Å². The highest BCUT2D eigenvalue weighted by molar-refractivity contribution is 8.13. The zero-order valence-corrected chi connectivity index (χ0v) is 17.6.